The topological polar surface area (TPSA) is 29.3 Å². The van der Waals surface area contributed by atoms with E-state index in [2.05, 4.69) is 43.0 Å². The molecule has 0 aliphatic rings. The zero-order chi connectivity index (χ0) is 13.8. The lowest BCUT2D eigenvalue weighted by Crippen LogP contribution is -2.22. The summed E-state index contributed by atoms with van der Waals surface area (Å²) in [6.07, 6.45) is 0. The summed E-state index contributed by atoms with van der Waals surface area (Å²) in [5.74, 6) is -0.282. The van der Waals surface area contributed by atoms with E-state index in [9.17, 15) is 4.39 Å². The molecule has 100 valence electrons. The molecule has 0 bridgehead atoms. The second kappa shape index (κ2) is 5.74. The monoisotopic (exact) mass is 258 g/mol. The molecule has 3 heteroatoms. The highest BCUT2D eigenvalue weighted by Crippen LogP contribution is 2.19. The zero-order valence-electron chi connectivity index (χ0n) is 11.4. The van der Waals surface area contributed by atoms with Crippen molar-refractivity contribution in [1.29, 1.82) is 0 Å². The van der Waals surface area contributed by atoms with Crippen LogP contribution in [0.1, 0.15) is 18.1 Å². The van der Waals surface area contributed by atoms with Crippen LogP contribution in [0, 0.1) is 12.7 Å². The standard InChI is InChI=1S/C16H19FN2/c1-3-19(16-6-4-12(2)5-7-16)11-13-8-14(17)10-15(18)9-13/h4-10H,3,11,18H2,1-2H3. The van der Waals surface area contributed by atoms with Crippen LogP contribution in [0.25, 0.3) is 0 Å². The number of anilines is 2. The van der Waals surface area contributed by atoms with Gasteiger partial charge >= 0.3 is 0 Å². The van der Waals surface area contributed by atoms with Gasteiger partial charge in [-0.15, -0.1) is 0 Å². The van der Waals surface area contributed by atoms with Crippen LogP contribution in [0.2, 0.25) is 0 Å². The maximum atomic E-state index is 13.3. The number of hydrogen-bond acceptors (Lipinski definition) is 2. The van der Waals surface area contributed by atoms with E-state index in [1.807, 2.05) is 6.07 Å². The second-order valence-electron chi connectivity index (χ2n) is 4.74. The third-order valence-corrected chi connectivity index (χ3v) is 3.13. The van der Waals surface area contributed by atoms with E-state index in [1.54, 1.807) is 0 Å². The van der Waals surface area contributed by atoms with Crippen LogP contribution in [0.4, 0.5) is 15.8 Å². The Morgan fingerprint density at radius 1 is 1.11 bits per heavy atom. The Hall–Kier alpha value is -2.03. The molecule has 0 fully saturated rings. The molecular weight excluding hydrogens is 239 g/mol. The van der Waals surface area contributed by atoms with Gasteiger partial charge in [-0.2, -0.15) is 0 Å². The molecule has 0 heterocycles. The van der Waals surface area contributed by atoms with Gasteiger partial charge in [0.25, 0.3) is 0 Å². The molecule has 2 aromatic carbocycles. The fourth-order valence-corrected chi connectivity index (χ4v) is 2.13. The molecule has 2 N–H and O–H groups in total. The maximum absolute atomic E-state index is 13.3. The molecule has 2 rings (SSSR count). The quantitative estimate of drug-likeness (QED) is 0.846. The minimum atomic E-state index is -0.282. The average molecular weight is 258 g/mol. The molecule has 0 aromatic heterocycles. The molecular formula is C16H19FN2. The summed E-state index contributed by atoms with van der Waals surface area (Å²) in [5, 5.41) is 0. The molecule has 2 aromatic rings. The summed E-state index contributed by atoms with van der Waals surface area (Å²) >= 11 is 0. The molecule has 0 amide bonds. The van der Waals surface area contributed by atoms with Gasteiger partial charge in [-0.25, -0.2) is 4.39 Å². The van der Waals surface area contributed by atoms with Crippen molar-refractivity contribution in [2.75, 3.05) is 17.2 Å². The molecule has 0 unspecified atom stereocenters. The highest BCUT2D eigenvalue weighted by atomic mass is 19.1. The molecule has 0 saturated heterocycles. The maximum Gasteiger partial charge on any atom is 0.125 e. The van der Waals surface area contributed by atoms with E-state index in [0.29, 0.717) is 12.2 Å². The summed E-state index contributed by atoms with van der Waals surface area (Å²) in [6, 6.07) is 13.0. The predicted molar refractivity (Wildman–Crippen MR) is 78.7 cm³/mol. The first kappa shape index (κ1) is 13.4. The van der Waals surface area contributed by atoms with Crippen LogP contribution in [0.15, 0.2) is 42.5 Å². The van der Waals surface area contributed by atoms with E-state index in [-0.39, 0.29) is 5.82 Å². The summed E-state index contributed by atoms with van der Waals surface area (Å²) in [6.45, 7) is 5.66. The van der Waals surface area contributed by atoms with Crippen molar-refractivity contribution in [2.24, 2.45) is 0 Å². The van der Waals surface area contributed by atoms with Gasteiger partial charge < -0.3 is 10.6 Å². The number of rotatable bonds is 4. The Bertz CT molecular complexity index is 529. The fraction of sp³-hybridized carbons (Fsp3) is 0.250. The first-order valence-electron chi connectivity index (χ1n) is 6.45. The van der Waals surface area contributed by atoms with Crippen LogP contribution < -0.4 is 10.6 Å². The highest BCUT2D eigenvalue weighted by Gasteiger charge is 2.06. The lowest BCUT2D eigenvalue weighted by Gasteiger charge is -2.23. The SMILES string of the molecule is CCN(Cc1cc(N)cc(F)c1)c1ccc(C)cc1. The van der Waals surface area contributed by atoms with E-state index in [4.69, 9.17) is 5.73 Å². The lowest BCUT2D eigenvalue weighted by molar-refractivity contribution is 0.625. The Balaban J connectivity index is 2.21. The summed E-state index contributed by atoms with van der Waals surface area (Å²) in [5.41, 5.74) is 9.40. The minimum absolute atomic E-state index is 0.282. The number of nitrogens with zero attached hydrogens (tertiary/aromatic N) is 1. The predicted octanol–water partition coefficient (Wildman–Crippen LogP) is 3.74. The van der Waals surface area contributed by atoms with Gasteiger partial charge in [-0.05, 0) is 49.7 Å². The smallest absolute Gasteiger partial charge is 0.125 e. The lowest BCUT2D eigenvalue weighted by atomic mass is 10.1. The number of nitrogen functional groups attached to an aromatic ring is 1. The molecule has 0 aliphatic carbocycles. The number of hydrogen-bond donors (Lipinski definition) is 1. The molecule has 0 atom stereocenters. The van der Waals surface area contributed by atoms with Gasteiger partial charge in [-0.1, -0.05) is 17.7 Å². The Labute approximate surface area is 113 Å². The largest absolute Gasteiger partial charge is 0.399 e. The van der Waals surface area contributed by atoms with Crippen LogP contribution in [0.5, 0.6) is 0 Å². The van der Waals surface area contributed by atoms with Crippen molar-refractivity contribution >= 4 is 11.4 Å². The zero-order valence-corrected chi connectivity index (χ0v) is 11.4. The van der Waals surface area contributed by atoms with Gasteiger partial charge in [-0.3, -0.25) is 0 Å². The fourth-order valence-electron chi connectivity index (χ4n) is 2.13. The summed E-state index contributed by atoms with van der Waals surface area (Å²) < 4.78 is 13.3. The third-order valence-electron chi connectivity index (χ3n) is 3.13. The third kappa shape index (κ3) is 3.47. The Morgan fingerprint density at radius 2 is 1.79 bits per heavy atom. The van der Waals surface area contributed by atoms with Crippen molar-refractivity contribution in [1.82, 2.24) is 0 Å². The summed E-state index contributed by atoms with van der Waals surface area (Å²) in [4.78, 5) is 2.19. The van der Waals surface area contributed by atoms with Crippen LogP contribution in [-0.2, 0) is 6.54 Å². The van der Waals surface area contributed by atoms with Crippen LogP contribution in [-0.4, -0.2) is 6.54 Å². The molecule has 0 spiro atoms. The van der Waals surface area contributed by atoms with Crippen molar-refractivity contribution < 1.29 is 4.39 Å². The molecule has 2 nitrogen and oxygen atoms in total. The van der Waals surface area contributed by atoms with Gasteiger partial charge in [0, 0.05) is 24.5 Å². The number of aryl methyl sites for hydroxylation is 1. The van der Waals surface area contributed by atoms with Crippen LogP contribution in [0.3, 0.4) is 0 Å². The molecule has 0 saturated carbocycles. The van der Waals surface area contributed by atoms with Crippen molar-refractivity contribution in [3.63, 3.8) is 0 Å². The van der Waals surface area contributed by atoms with E-state index in [1.165, 1.54) is 17.7 Å². The van der Waals surface area contributed by atoms with E-state index < -0.39 is 0 Å². The average Bonchev–Trinajstić information content (AvgIpc) is 2.36. The van der Waals surface area contributed by atoms with Gasteiger partial charge in [0.05, 0.1) is 0 Å². The van der Waals surface area contributed by atoms with E-state index in [0.717, 1.165) is 17.8 Å². The van der Waals surface area contributed by atoms with Crippen molar-refractivity contribution in [3.8, 4) is 0 Å². The second-order valence-corrected chi connectivity index (χ2v) is 4.74. The first-order chi connectivity index (χ1) is 9.08. The van der Waals surface area contributed by atoms with Crippen molar-refractivity contribution in [2.45, 2.75) is 20.4 Å². The Morgan fingerprint density at radius 3 is 2.37 bits per heavy atom. The Kier molecular flexibility index (Phi) is 4.05. The van der Waals surface area contributed by atoms with Gasteiger partial charge in [0.1, 0.15) is 5.82 Å². The number of benzene rings is 2. The number of halogens is 1. The normalized spacial score (nSPS) is 10.5. The molecule has 0 radical (unpaired) electrons. The van der Waals surface area contributed by atoms with Gasteiger partial charge in [0.2, 0.25) is 0 Å². The minimum Gasteiger partial charge on any atom is -0.399 e. The van der Waals surface area contributed by atoms with Crippen LogP contribution >= 0.6 is 0 Å². The van der Waals surface area contributed by atoms with Crippen molar-refractivity contribution in [3.05, 3.63) is 59.4 Å². The highest BCUT2D eigenvalue weighted by molar-refractivity contribution is 5.49. The summed E-state index contributed by atoms with van der Waals surface area (Å²) in [7, 11) is 0. The first-order valence-corrected chi connectivity index (χ1v) is 6.45. The molecule has 0 aliphatic heterocycles. The molecule has 19 heavy (non-hydrogen) atoms. The van der Waals surface area contributed by atoms with Gasteiger partial charge in [0.15, 0.2) is 0 Å². The number of nitrogens with two attached hydrogens (primary N) is 1. The van der Waals surface area contributed by atoms with E-state index >= 15 is 0 Å².